The molecule has 2 aromatic carbocycles. The summed E-state index contributed by atoms with van der Waals surface area (Å²) in [5.41, 5.74) is 2.55. The Kier molecular flexibility index (Phi) is 5.76. The first kappa shape index (κ1) is 19.8. The summed E-state index contributed by atoms with van der Waals surface area (Å²) >= 11 is 0. The third kappa shape index (κ3) is 4.10. The van der Waals surface area contributed by atoms with Crippen LogP contribution in [0.3, 0.4) is 0 Å². The van der Waals surface area contributed by atoms with E-state index >= 15 is 0 Å². The molecule has 0 radical (unpaired) electrons. The van der Waals surface area contributed by atoms with E-state index in [9.17, 15) is 13.5 Å². The molecule has 0 unspecified atom stereocenters. The molecule has 5 nitrogen and oxygen atoms in total. The molecule has 0 fully saturated rings. The Bertz CT molecular complexity index is 1060. The number of hydrogen-bond donors (Lipinski definition) is 1. The van der Waals surface area contributed by atoms with Gasteiger partial charge >= 0.3 is 0 Å². The summed E-state index contributed by atoms with van der Waals surface area (Å²) in [4.78, 5) is 4.34. The second kappa shape index (κ2) is 8.45. The van der Waals surface area contributed by atoms with Gasteiger partial charge in [-0.05, 0) is 42.5 Å². The van der Waals surface area contributed by atoms with Gasteiger partial charge in [-0.2, -0.15) is 4.31 Å². The van der Waals surface area contributed by atoms with Crippen LogP contribution in [0.2, 0.25) is 0 Å². The molecule has 0 aliphatic carbocycles. The van der Waals surface area contributed by atoms with Crippen molar-refractivity contribution < 1.29 is 13.5 Å². The molecule has 4 rings (SSSR count). The first-order chi connectivity index (χ1) is 14.1. The van der Waals surface area contributed by atoms with Crippen molar-refractivity contribution >= 4 is 10.0 Å². The maximum atomic E-state index is 13.4. The number of hydrogen-bond acceptors (Lipinski definition) is 4. The Morgan fingerprint density at radius 2 is 1.66 bits per heavy atom. The smallest absolute Gasteiger partial charge is 0.243 e. The predicted molar refractivity (Wildman–Crippen MR) is 112 cm³/mol. The Morgan fingerprint density at radius 3 is 2.41 bits per heavy atom. The maximum absolute atomic E-state index is 13.4. The highest BCUT2D eigenvalue weighted by molar-refractivity contribution is 7.89. The van der Waals surface area contributed by atoms with Crippen molar-refractivity contribution in [3.05, 3.63) is 95.8 Å². The van der Waals surface area contributed by atoms with Crippen LogP contribution in [0.5, 0.6) is 0 Å². The average molecular weight is 409 g/mol. The first-order valence-electron chi connectivity index (χ1n) is 9.79. The first-order valence-corrected chi connectivity index (χ1v) is 11.2. The minimum absolute atomic E-state index is 0.203. The molecule has 0 saturated carbocycles. The summed E-state index contributed by atoms with van der Waals surface area (Å²) < 4.78 is 28.3. The van der Waals surface area contributed by atoms with E-state index in [-0.39, 0.29) is 4.90 Å². The third-order valence-electron chi connectivity index (χ3n) is 5.41. The molecule has 1 aliphatic heterocycles. The van der Waals surface area contributed by atoms with Gasteiger partial charge < -0.3 is 5.11 Å². The van der Waals surface area contributed by atoms with Crippen LogP contribution in [0.25, 0.3) is 0 Å². The summed E-state index contributed by atoms with van der Waals surface area (Å²) in [6.45, 7) is 0.355. The van der Waals surface area contributed by atoms with Crippen molar-refractivity contribution in [3.63, 3.8) is 0 Å². The number of aryl methyl sites for hydroxylation is 1. The normalized spacial score (nSPS) is 20.9. The number of rotatable bonds is 6. The van der Waals surface area contributed by atoms with Gasteiger partial charge in [0.25, 0.3) is 0 Å². The molecule has 150 valence electrons. The molecule has 0 bridgehead atoms. The van der Waals surface area contributed by atoms with E-state index in [1.165, 1.54) is 9.87 Å². The number of nitrogens with zero attached hydrogens (tertiary/aromatic N) is 2. The molecular formula is C23H24N2O3S. The maximum Gasteiger partial charge on any atom is 0.243 e. The molecule has 3 aromatic rings. The topological polar surface area (TPSA) is 70.5 Å². The van der Waals surface area contributed by atoms with E-state index in [0.717, 1.165) is 12.0 Å². The Morgan fingerprint density at radius 1 is 0.931 bits per heavy atom. The SMILES string of the molecule is O=S1(=O)c2ccccc2[C@@H](O)[C@H](Cc2cccnc2)N1CCCc1ccccc1. The lowest BCUT2D eigenvalue weighted by molar-refractivity contribution is 0.0792. The summed E-state index contributed by atoms with van der Waals surface area (Å²) in [6, 6.07) is 20.0. The number of aliphatic hydroxyl groups is 1. The Balaban J connectivity index is 1.64. The molecule has 2 heterocycles. The average Bonchev–Trinajstić information content (AvgIpc) is 2.75. The van der Waals surface area contributed by atoms with Crippen LogP contribution in [-0.2, 0) is 22.9 Å². The minimum atomic E-state index is -3.69. The van der Waals surface area contributed by atoms with Crippen molar-refractivity contribution in [1.29, 1.82) is 0 Å². The zero-order chi connectivity index (χ0) is 20.3. The fraction of sp³-hybridized carbons (Fsp3) is 0.261. The van der Waals surface area contributed by atoms with Crippen molar-refractivity contribution in [2.24, 2.45) is 0 Å². The second-order valence-electron chi connectivity index (χ2n) is 7.32. The van der Waals surface area contributed by atoms with Crippen molar-refractivity contribution in [2.75, 3.05) is 6.54 Å². The van der Waals surface area contributed by atoms with Crippen molar-refractivity contribution in [2.45, 2.75) is 36.3 Å². The molecule has 2 atom stereocenters. The van der Waals surface area contributed by atoms with E-state index < -0.39 is 22.2 Å². The zero-order valence-electron chi connectivity index (χ0n) is 16.1. The van der Waals surface area contributed by atoms with Crippen LogP contribution in [0.1, 0.15) is 29.2 Å². The largest absolute Gasteiger partial charge is 0.387 e. The van der Waals surface area contributed by atoms with E-state index in [2.05, 4.69) is 4.98 Å². The molecule has 0 spiro atoms. The molecule has 6 heteroatoms. The Labute approximate surface area is 171 Å². The lowest BCUT2D eigenvalue weighted by Crippen LogP contribution is -2.49. The van der Waals surface area contributed by atoms with Crippen LogP contribution in [0.4, 0.5) is 0 Å². The second-order valence-corrected chi connectivity index (χ2v) is 9.18. The minimum Gasteiger partial charge on any atom is -0.387 e. The summed E-state index contributed by atoms with van der Waals surface area (Å²) in [5, 5.41) is 11.1. The predicted octanol–water partition coefficient (Wildman–Crippen LogP) is 3.36. The van der Waals surface area contributed by atoms with Crippen LogP contribution in [0, 0.1) is 0 Å². The molecule has 1 N–H and O–H groups in total. The van der Waals surface area contributed by atoms with E-state index in [1.807, 2.05) is 42.5 Å². The molecule has 1 aliphatic rings. The fourth-order valence-corrected chi connectivity index (χ4v) is 5.88. The van der Waals surface area contributed by atoms with Gasteiger partial charge in [0.15, 0.2) is 0 Å². The highest BCUT2D eigenvalue weighted by Gasteiger charge is 2.43. The van der Waals surface area contributed by atoms with Crippen LogP contribution in [-0.4, -0.2) is 35.4 Å². The van der Waals surface area contributed by atoms with Crippen LogP contribution < -0.4 is 0 Å². The zero-order valence-corrected chi connectivity index (χ0v) is 16.9. The van der Waals surface area contributed by atoms with Gasteiger partial charge in [0, 0.05) is 24.5 Å². The molecular weight excluding hydrogens is 384 g/mol. The van der Waals surface area contributed by atoms with Crippen molar-refractivity contribution in [1.82, 2.24) is 9.29 Å². The summed E-state index contributed by atoms with van der Waals surface area (Å²) in [6.07, 6.45) is 4.40. The van der Waals surface area contributed by atoms with Gasteiger partial charge in [0.05, 0.1) is 17.0 Å². The fourth-order valence-electron chi connectivity index (χ4n) is 3.97. The molecule has 1 aromatic heterocycles. The summed E-state index contributed by atoms with van der Waals surface area (Å²) in [7, 11) is -3.69. The quantitative estimate of drug-likeness (QED) is 0.679. The van der Waals surface area contributed by atoms with Gasteiger partial charge in [-0.1, -0.05) is 54.6 Å². The molecule has 0 amide bonds. The van der Waals surface area contributed by atoms with Gasteiger partial charge in [-0.25, -0.2) is 8.42 Å². The lowest BCUT2D eigenvalue weighted by atomic mass is 9.96. The number of aromatic nitrogens is 1. The number of fused-ring (bicyclic) bond motifs is 1. The van der Waals surface area contributed by atoms with E-state index in [1.54, 1.807) is 36.7 Å². The van der Waals surface area contributed by atoms with Crippen LogP contribution >= 0.6 is 0 Å². The number of benzene rings is 2. The lowest BCUT2D eigenvalue weighted by Gasteiger charge is -2.39. The third-order valence-corrected chi connectivity index (χ3v) is 7.41. The molecule has 0 saturated heterocycles. The molecule has 29 heavy (non-hydrogen) atoms. The van der Waals surface area contributed by atoms with Gasteiger partial charge in [0.2, 0.25) is 10.0 Å². The van der Waals surface area contributed by atoms with E-state index in [4.69, 9.17) is 0 Å². The number of aliphatic hydroxyl groups excluding tert-OH is 1. The highest BCUT2D eigenvalue weighted by atomic mass is 32.2. The number of sulfonamides is 1. The van der Waals surface area contributed by atoms with E-state index in [0.29, 0.717) is 24.9 Å². The monoisotopic (exact) mass is 408 g/mol. The summed E-state index contributed by atoms with van der Waals surface area (Å²) in [5.74, 6) is 0. The Hall–Kier alpha value is -2.54. The van der Waals surface area contributed by atoms with Crippen LogP contribution in [0.15, 0.2) is 84.0 Å². The van der Waals surface area contributed by atoms with Gasteiger partial charge in [-0.3, -0.25) is 4.98 Å². The van der Waals surface area contributed by atoms with Crippen molar-refractivity contribution in [3.8, 4) is 0 Å². The van der Waals surface area contributed by atoms with Gasteiger partial charge in [0.1, 0.15) is 0 Å². The number of pyridine rings is 1. The van der Waals surface area contributed by atoms with Gasteiger partial charge in [-0.15, -0.1) is 0 Å². The highest BCUT2D eigenvalue weighted by Crippen LogP contribution is 2.38. The standard InChI is InChI=1S/C23H24N2O3S/c26-23-20-12-4-5-13-22(20)29(27,28)25(15-7-11-18-8-2-1-3-9-18)21(23)16-19-10-6-14-24-17-19/h1-6,8-10,12-14,17,21,23,26H,7,11,15-16H2/t21-,23+/m0/s1.